The molecule has 0 radical (unpaired) electrons. The summed E-state index contributed by atoms with van der Waals surface area (Å²) in [6, 6.07) is 8.24. The van der Waals surface area contributed by atoms with Crippen molar-refractivity contribution < 1.29 is 14.7 Å². The molecule has 150 valence electrons. The van der Waals surface area contributed by atoms with Crippen LogP contribution in [0.3, 0.4) is 0 Å². The van der Waals surface area contributed by atoms with Gasteiger partial charge in [0.05, 0.1) is 12.1 Å². The second-order valence-electron chi connectivity index (χ2n) is 7.37. The van der Waals surface area contributed by atoms with Gasteiger partial charge in [-0.15, -0.1) is 0 Å². The lowest BCUT2D eigenvalue weighted by Crippen LogP contribution is -2.61. The van der Waals surface area contributed by atoms with E-state index in [1.165, 1.54) is 5.56 Å². The quantitative estimate of drug-likeness (QED) is 0.710. The number of piperazine rings is 1. The fourth-order valence-corrected chi connectivity index (χ4v) is 3.76. The number of aliphatic hydroxyl groups is 1. The van der Waals surface area contributed by atoms with Gasteiger partial charge in [-0.25, -0.2) is 4.79 Å². The van der Waals surface area contributed by atoms with E-state index in [0.717, 1.165) is 31.2 Å². The number of benzene rings is 1. The third kappa shape index (κ3) is 5.45. The molecule has 1 aliphatic rings. The Morgan fingerprint density at radius 2 is 1.81 bits per heavy atom. The van der Waals surface area contributed by atoms with Crippen LogP contribution in [0.4, 0.5) is 4.79 Å². The molecule has 6 heteroatoms. The van der Waals surface area contributed by atoms with Gasteiger partial charge in [-0.1, -0.05) is 44.5 Å². The Balaban J connectivity index is 2.10. The molecule has 3 amide bonds. The maximum absolute atomic E-state index is 13.1. The summed E-state index contributed by atoms with van der Waals surface area (Å²) >= 11 is 0. The van der Waals surface area contributed by atoms with Crippen molar-refractivity contribution in [2.45, 2.75) is 58.2 Å². The molecule has 0 saturated carbocycles. The number of carbonyl (C=O) groups is 2. The zero-order chi connectivity index (χ0) is 19.8. The molecule has 2 rings (SSSR count). The lowest BCUT2D eigenvalue weighted by Gasteiger charge is -2.46. The summed E-state index contributed by atoms with van der Waals surface area (Å²) in [4.78, 5) is 29.9. The predicted molar refractivity (Wildman–Crippen MR) is 106 cm³/mol. The zero-order valence-corrected chi connectivity index (χ0v) is 16.8. The number of hydrogen-bond donors (Lipinski definition) is 1. The average Bonchev–Trinajstić information content (AvgIpc) is 2.69. The minimum absolute atomic E-state index is 0.00903. The molecule has 1 aromatic rings. The molecule has 1 aliphatic heterocycles. The molecule has 27 heavy (non-hydrogen) atoms. The fraction of sp³-hybridized carbons (Fsp3) is 0.619. The summed E-state index contributed by atoms with van der Waals surface area (Å²) < 4.78 is 0. The van der Waals surface area contributed by atoms with Gasteiger partial charge in [0, 0.05) is 33.3 Å². The molecule has 1 N–H and O–H groups in total. The van der Waals surface area contributed by atoms with Crippen LogP contribution in [0, 0.1) is 0 Å². The van der Waals surface area contributed by atoms with Crippen LogP contribution < -0.4 is 0 Å². The molecule has 1 saturated heterocycles. The van der Waals surface area contributed by atoms with Gasteiger partial charge in [0.25, 0.3) is 0 Å². The first-order valence-electron chi connectivity index (χ1n) is 9.95. The van der Waals surface area contributed by atoms with E-state index >= 15 is 0 Å². The maximum Gasteiger partial charge on any atom is 0.320 e. The molecule has 2 atom stereocenters. The van der Waals surface area contributed by atoms with Crippen LogP contribution in [0.5, 0.6) is 0 Å². The Bertz CT molecular complexity index is 605. The van der Waals surface area contributed by atoms with Gasteiger partial charge in [0.2, 0.25) is 6.41 Å². The standard InChI is InChI=1S/C21H33N3O3/c1-4-6-20-14-23(16-26)19(11-12-25)15-24(20)21(27)22(3)13-18-9-7-17(5-2)8-10-18/h7-10,16,19-20,25H,4-6,11-15H2,1-3H3/t19-,20?/m1/s1. The zero-order valence-electron chi connectivity index (χ0n) is 16.8. The Morgan fingerprint density at radius 3 is 2.37 bits per heavy atom. The number of rotatable bonds is 8. The first-order chi connectivity index (χ1) is 13.0. The van der Waals surface area contributed by atoms with Crippen LogP contribution in [-0.2, 0) is 17.8 Å². The van der Waals surface area contributed by atoms with Crippen molar-refractivity contribution in [1.29, 1.82) is 0 Å². The van der Waals surface area contributed by atoms with E-state index in [-0.39, 0.29) is 24.7 Å². The van der Waals surface area contributed by atoms with Gasteiger partial charge in [-0.05, 0) is 30.4 Å². The Kier molecular flexibility index (Phi) is 8.10. The van der Waals surface area contributed by atoms with Crippen LogP contribution >= 0.6 is 0 Å². The number of hydrogen-bond acceptors (Lipinski definition) is 3. The fourth-order valence-electron chi connectivity index (χ4n) is 3.76. The smallest absolute Gasteiger partial charge is 0.320 e. The summed E-state index contributed by atoms with van der Waals surface area (Å²) in [5.41, 5.74) is 2.39. The molecule has 1 heterocycles. The van der Waals surface area contributed by atoms with E-state index in [9.17, 15) is 14.7 Å². The normalized spacial score (nSPS) is 19.9. The Labute approximate surface area is 162 Å². The molecule has 0 aliphatic carbocycles. The van der Waals surface area contributed by atoms with E-state index in [1.54, 1.807) is 9.80 Å². The molecular formula is C21H33N3O3. The molecule has 0 spiro atoms. The van der Waals surface area contributed by atoms with Crippen molar-refractivity contribution in [2.24, 2.45) is 0 Å². The predicted octanol–water partition coefficient (Wildman–Crippen LogP) is 2.49. The van der Waals surface area contributed by atoms with Gasteiger partial charge >= 0.3 is 6.03 Å². The van der Waals surface area contributed by atoms with E-state index in [4.69, 9.17) is 0 Å². The molecule has 0 aromatic heterocycles. The molecular weight excluding hydrogens is 342 g/mol. The lowest BCUT2D eigenvalue weighted by atomic mass is 10.0. The first-order valence-corrected chi connectivity index (χ1v) is 9.95. The van der Waals surface area contributed by atoms with Crippen LogP contribution in [0.1, 0.15) is 44.2 Å². The Morgan fingerprint density at radius 1 is 1.15 bits per heavy atom. The summed E-state index contributed by atoms with van der Waals surface area (Å²) in [5.74, 6) is 0. The third-order valence-corrected chi connectivity index (χ3v) is 5.38. The molecule has 1 unspecified atom stereocenters. The molecule has 1 fully saturated rings. The van der Waals surface area contributed by atoms with Gasteiger partial charge in [0.1, 0.15) is 0 Å². The van der Waals surface area contributed by atoms with E-state index in [0.29, 0.717) is 26.1 Å². The van der Waals surface area contributed by atoms with Crippen LogP contribution in [0.2, 0.25) is 0 Å². The minimum atomic E-state index is -0.123. The number of carbonyl (C=O) groups excluding carboxylic acids is 2. The number of urea groups is 1. The highest BCUT2D eigenvalue weighted by Gasteiger charge is 2.36. The highest BCUT2D eigenvalue weighted by atomic mass is 16.3. The summed E-state index contributed by atoms with van der Waals surface area (Å²) in [7, 11) is 1.83. The number of nitrogens with zero attached hydrogens (tertiary/aromatic N) is 3. The SMILES string of the molecule is CCCC1CN(C=O)[C@H](CCO)CN1C(=O)N(C)Cc1ccc(CC)cc1. The van der Waals surface area contributed by atoms with Gasteiger partial charge < -0.3 is 19.8 Å². The van der Waals surface area contributed by atoms with Crippen LogP contribution in [0.25, 0.3) is 0 Å². The number of aryl methyl sites for hydroxylation is 1. The van der Waals surface area contributed by atoms with Crippen molar-refractivity contribution in [1.82, 2.24) is 14.7 Å². The van der Waals surface area contributed by atoms with Gasteiger partial charge in [-0.3, -0.25) is 4.79 Å². The number of amides is 3. The van der Waals surface area contributed by atoms with E-state index in [1.807, 2.05) is 11.9 Å². The van der Waals surface area contributed by atoms with Gasteiger partial charge in [-0.2, -0.15) is 0 Å². The Hall–Kier alpha value is -2.08. The van der Waals surface area contributed by atoms with E-state index in [2.05, 4.69) is 38.1 Å². The second kappa shape index (κ2) is 10.3. The van der Waals surface area contributed by atoms with Crippen molar-refractivity contribution in [3.05, 3.63) is 35.4 Å². The van der Waals surface area contributed by atoms with Crippen LogP contribution in [-0.4, -0.2) is 71.1 Å². The number of aliphatic hydroxyl groups excluding tert-OH is 1. The first kappa shape index (κ1) is 21.2. The highest BCUT2D eigenvalue weighted by Crippen LogP contribution is 2.21. The summed E-state index contributed by atoms with van der Waals surface area (Å²) in [6.07, 6.45) is 4.16. The van der Waals surface area contributed by atoms with Crippen molar-refractivity contribution in [2.75, 3.05) is 26.7 Å². The monoisotopic (exact) mass is 375 g/mol. The molecule has 0 bridgehead atoms. The third-order valence-electron chi connectivity index (χ3n) is 5.38. The molecule has 6 nitrogen and oxygen atoms in total. The van der Waals surface area contributed by atoms with Crippen LogP contribution in [0.15, 0.2) is 24.3 Å². The largest absolute Gasteiger partial charge is 0.396 e. The topological polar surface area (TPSA) is 64.1 Å². The summed E-state index contributed by atoms with van der Waals surface area (Å²) in [5, 5.41) is 9.32. The minimum Gasteiger partial charge on any atom is -0.396 e. The highest BCUT2D eigenvalue weighted by molar-refractivity contribution is 5.75. The van der Waals surface area contributed by atoms with Crippen molar-refractivity contribution in [3.63, 3.8) is 0 Å². The van der Waals surface area contributed by atoms with E-state index < -0.39 is 0 Å². The van der Waals surface area contributed by atoms with Crippen molar-refractivity contribution >= 4 is 12.4 Å². The average molecular weight is 376 g/mol. The second-order valence-corrected chi connectivity index (χ2v) is 7.37. The van der Waals surface area contributed by atoms with Crippen molar-refractivity contribution in [3.8, 4) is 0 Å². The molecule has 1 aromatic carbocycles. The lowest BCUT2D eigenvalue weighted by molar-refractivity contribution is -0.124. The summed E-state index contributed by atoms with van der Waals surface area (Å²) in [6.45, 7) is 5.79. The maximum atomic E-state index is 13.1. The van der Waals surface area contributed by atoms with Gasteiger partial charge in [0.15, 0.2) is 0 Å².